The number of carbonyl (C=O) groups is 2. The molecule has 2 aliphatic heterocycles. The van der Waals surface area contributed by atoms with Crippen LogP contribution in [0.3, 0.4) is 0 Å². The minimum Gasteiger partial charge on any atom is -0.494 e. The minimum absolute atomic E-state index is 0.0253. The van der Waals surface area contributed by atoms with Crippen LogP contribution in [0.2, 0.25) is 0 Å². The lowest BCUT2D eigenvalue weighted by Gasteiger charge is -2.25. The summed E-state index contributed by atoms with van der Waals surface area (Å²) in [5, 5.41) is 0. The summed E-state index contributed by atoms with van der Waals surface area (Å²) in [4.78, 5) is 27.4. The van der Waals surface area contributed by atoms with Gasteiger partial charge in [0.25, 0.3) is 0 Å². The molecule has 2 aliphatic rings. The van der Waals surface area contributed by atoms with Crippen LogP contribution >= 0.6 is 0 Å². The highest BCUT2D eigenvalue weighted by molar-refractivity contribution is 5.98. The molecule has 1 unspecified atom stereocenters. The van der Waals surface area contributed by atoms with E-state index >= 15 is 0 Å². The lowest BCUT2D eigenvalue weighted by atomic mass is 10.0. The van der Waals surface area contributed by atoms with Gasteiger partial charge in [0.1, 0.15) is 19.0 Å². The number of rotatable bonds is 7. The van der Waals surface area contributed by atoms with E-state index in [4.69, 9.17) is 14.2 Å². The van der Waals surface area contributed by atoms with Crippen molar-refractivity contribution < 1.29 is 23.8 Å². The monoisotopic (exact) mass is 409 g/mol. The molecular weight excluding hydrogens is 382 g/mol. The van der Waals surface area contributed by atoms with E-state index in [1.807, 2.05) is 36.1 Å². The van der Waals surface area contributed by atoms with Crippen molar-refractivity contribution in [2.45, 2.75) is 38.6 Å². The third kappa shape index (κ3) is 4.42. The Morgan fingerprint density at radius 2 is 1.80 bits per heavy atom. The van der Waals surface area contributed by atoms with E-state index in [0.29, 0.717) is 36.9 Å². The molecule has 1 atom stereocenters. The number of nitrogens with zero attached hydrogens (tertiary/aromatic N) is 1. The maximum absolute atomic E-state index is 12.9. The molecule has 4 rings (SSSR count). The highest BCUT2D eigenvalue weighted by atomic mass is 16.6. The molecule has 158 valence electrons. The van der Waals surface area contributed by atoms with Gasteiger partial charge in [-0.2, -0.15) is 0 Å². The van der Waals surface area contributed by atoms with Gasteiger partial charge in [-0.1, -0.05) is 12.1 Å². The van der Waals surface area contributed by atoms with Crippen molar-refractivity contribution in [3.63, 3.8) is 0 Å². The molecule has 30 heavy (non-hydrogen) atoms. The number of Topliss-reactive ketones (excluding diaryl/α,β-unsaturated/α-hetero) is 1. The van der Waals surface area contributed by atoms with E-state index in [1.165, 1.54) is 0 Å². The number of likely N-dealkylation sites (tertiary alicyclic amines) is 1. The summed E-state index contributed by atoms with van der Waals surface area (Å²) in [6.45, 7) is 4.31. The number of amides is 1. The van der Waals surface area contributed by atoms with Gasteiger partial charge in [0.05, 0.1) is 12.6 Å². The van der Waals surface area contributed by atoms with Gasteiger partial charge in [-0.3, -0.25) is 9.59 Å². The van der Waals surface area contributed by atoms with Crippen LogP contribution in [-0.2, 0) is 4.79 Å². The Hall–Kier alpha value is -3.02. The summed E-state index contributed by atoms with van der Waals surface area (Å²) in [5.41, 5.74) is 1.67. The van der Waals surface area contributed by atoms with E-state index < -0.39 is 0 Å². The fraction of sp³-hybridized carbons (Fsp3) is 0.417. The second-order valence-electron chi connectivity index (χ2n) is 7.53. The van der Waals surface area contributed by atoms with Crippen molar-refractivity contribution >= 4 is 11.7 Å². The molecule has 2 heterocycles. The summed E-state index contributed by atoms with van der Waals surface area (Å²) >= 11 is 0. The van der Waals surface area contributed by atoms with Crippen LogP contribution in [0.5, 0.6) is 17.2 Å². The van der Waals surface area contributed by atoms with Gasteiger partial charge < -0.3 is 19.1 Å². The van der Waals surface area contributed by atoms with Gasteiger partial charge in [0.2, 0.25) is 5.91 Å². The van der Waals surface area contributed by atoms with Crippen LogP contribution in [0.15, 0.2) is 42.5 Å². The zero-order valence-electron chi connectivity index (χ0n) is 17.3. The SMILES string of the molecule is CCOc1ccc(C2CCCN2C(=O)CCC(=O)c2ccc3c(c2)OCCO3)cc1. The second-order valence-corrected chi connectivity index (χ2v) is 7.53. The Kier molecular flexibility index (Phi) is 6.21. The van der Waals surface area contributed by atoms with E-state index in [2.05, 4.69) is 0 Å². The topological polar surface area (TPSA) is 65.1 Å². The highest BCUT2D eigenvalue weighted by Crippen LogP contribution is 2.34. The van der Waals surface area contributed by atoms with Crippen LogP contribution in [0.25, 0.3) is 0 Å². The molecule has 0 bridgehead atoms. The number of hydrogen-bond donors (Lipinski definition) is 0. The van der Waals surface area contributed by atoms with Gasteiger partial charge in [0, 0.05) is 24.9 Å². The number of carbonyl (C=O) groups excluding carboxylic acids is 2. The summed E-state index contributed by atoms with van der Waals surface area (Å²) in [6.07, 6.45) is 2.31. The summed E-state index contributed by atoms with van der Waals surface area (Å²) in [5.74, 6) is 2.05. The normalized spacial score (nSPS) is 17.6. The van der Waals surface area contributed by atoms with E-state index in [1.54, 1.807) is 18.2 Å². The van der Waals surface area contributed by atoms with Gasteiger partial charge in [0.15, 0.2) is 17.3 Å². The van der Waals surface area contributed by atoms with Crippen LogP contribution in [0.1, 0.15) is 54.6 Å². The van der Waals surface area contributed by atoms with Crippen molar-refractivity contribution in [3.05, 3.63) is 53.6 Å². The van der Waals surface area contributed by atoms with Crippen LogP contribution < -0.4 is 14.2 Å². The predicted octanol–water partition coefficient (Wildman–Crippen LogP) is 4.18. The third-order valence-corrected chi connectivity index (χ3v) is 5.58. The fourth-order valence-corrected chi connectivity index (χ4v) is 4.09. The standard InChI is InChI=1S/C24H27NO5/c1-2-28-19-8-5-17(6-9-19)20-4-3-13-25(20)24(27)12-10-21(26)18-7-11-22-23(16-18)30-15-14-29-22/h5-9,11,16,20H,2-4,10,12-15H2,1H3. The summed E-state index contributed by atoms with van der Waals surface area (Å²) in [6, 6.07) is 13.2. The molecule has 0 aromatic heterocycles. The average molecular weight is 409 g/mol. The lowest BCUT2D eigenvalue weighted by Crippen LogP contribution is -2.30. The zero-order valence-corrected chi connectivity index (χ0v) is 17.3. The molecule has 0 saturated carbocycles. The quantitative estimate of drug-likeness (QED) is 0.642. The summed E-state index contributed by atoms with van der Waals surface area (Å²) < 4.78 is 16.5. The second kappa shape index (κ2) is 9.20. The first-order valence-electron chi connectivity index (χ1n) is 10.6. The first-order chi connectivity index (χ1) is 14.7. The van der Waals surface area contributed by atoms with E-state index in [-0.39, 0.29) is 30.6 Å². The van der Waals surface area contributed by atoms with Crippen molar-refractivity contribution in [2.75, 3.05) is 26.4 Å². The fourth-order valence-electron chi connectivity index (χ4n) is 4.09. The smallest absolute Gasteiger partial charge is 0.223 e. The van der Waals surface area contributed by atoms with E-state index in [0.717, 1.165) is 30.7 Å². The Balaban J connectivity index is 1.36. The first kappa shape index (κ1) is 20.3. The van der Waals surface area contributed by atoms with Crippen LogP contribution in [0.4, 0.5) is 0 Å². The summed E-state index contributed by atoms with van der Waals surface area (Å²) in [7, 11) is 0. The number of ketones is 1. The molecule has 0 radical (unpaired) electrons. The maximum atomic E-state index is 12.9. The maximum Gasteiger partial charge on any atom is 0.223 e. The Bertz CT molecular complexity index is 908. The number of hydrogen-bond acceptors (Lipinski definition) is 5. The Labute approximate surface area is 176 Å². The minimum atomic E-state index is -0.0582. The molecule has 1 fully saturated rings. The van der Waals surface area contributed by atoms with Gasteiger partial charge in [-0.05, 0) is 55.7 Å². The average Bonchev–Trinajstić information content (AvgIpc) is 3.28. The van der Waals surface area contributed by atoms with E-state index in [9.17, 15) is 9.59 Å². The first-order valence-corrected chi connectivity index (χ1v) is 10.6. The third-order valence-electron chi connectivity index (χ3n) is 5.58. The molecule has 0 N–H and O–H groups in total. The zero-order chi connectivity index (χ0) is 20.9. The molecule has 1 amide bonds. The van der Waals surface area contributed by atoms with Gasteiger partial charge >= 0.3 is 0 Å². The van der Waals surface area contributed by atoms with Crippen molar-refractivity contribution in [1.82, 2.24) is 4.90 Å². The molecule has 2 aromatic rings. The lowest BCUT2D eigenvalue weighted by molar-refractivity contribution is -0.132. The predicted molar refractivity (Wildman–Crippen MR) is 112 cm³/mol. The highest BCUT2D eigenvalue weighted by Gasteiger charge is 2.30. The van der Waals surface area contributed by atoms with Gasteiger partial charge in [-0.25, -0.2) is 0 Å². The van der Waals surface area contributed by atoms with Crippen molar-refractivity contribution in [3.8, 4) is 17.2 Å². The van der Waals surface area contributed by atoms with Crippen LogP contribution in [0, 0.1) is 0 Å². The molecule has 6 heteroatoms. The number of benzene rings is 2. The van der Waals surface area contributed by atoms with Crippen molar-refractivity contribution in [2.24, 2.45) is 0 Å². The molecule has 2 aromatic carbocycles. The molecule has 6 nitrogen and oxygen atoms in total. The largest absolute Gasteiger partial charge is 0.494 e. The number of ether oxygens (including phenoxy) is 3. The van der Waals surface area contributed by atoms with Crippen molar-refractivity contribution in [1.29, 1.82) is 0 Å². The Morgan fingerprint density at radius 3 is 2.57 bits per heavy atom. The molecule has 0 aliphatic carbocycles. The molecular formula is C24H27NO5. The molecule has 0 spiro atoms. The van der Waals surface area contributed by atoms with Gasteiger partial charge in [-0.15, -0.1) is 0 Å². The molecule has 1 saturated heterocycles. The number of fused-ring (bicyclic) bond motifs is 1. The van der Waals surface area contributed by atoms with Crippen LogP contribution in [-0.4, -0.2) is 43.0 Å². The Morgan fingerprint density at radius 1 is 1.03 bits per heavy atom.